The smallest absolute Gasteiger partial charge is 0.257 e. The van der Waals surface area contributed by atoms with E-state index in [1.165, 1.54) is 12.1 Å². The van der Waals surface area contributed by atoms with Crippen molar-refractivity contribution in [2.75, 3.05) is 30.4 Å². The summed E-state index contributed by atoms with van der Waals surface area (Å²) in [5.41, 5.74) is 10.4. The number of anilines is 2. The number of imidazole rings is 1. The molecular formula is C26H35N6O3-. The van der Waals surface area contributed by atoms with E-state index in [-0.39, 0.29) is 11.8 Å². The van der Waals surface area contributed by atoms with Gasteiger partial charge in [-0.2, -0.15) is 0 Å². The van der Waals surface area contributed by atoms with Crippen molar-refractivity contribution in [2.24, 2.45) is 17.6 Å². The zero-order valence-electron chi connectivity index (χ0n) is 20.9. The van der Waals surface area contributed by atoms with Crippen molar-refractivity contribution < 1.29 is 9.59 Å². The quantitative estimate of drug-likeness (QED) is 0.352. The third kappa shape index (κ3) is 6.58. The highest BCUT2D eigenvalue weighted by molar-refractivity contribution is 6.04. The molecule has 0 fully saturated rings. The molecule has 9 nitrogen and oxygen atoms in total. The van der Waals surface area contributed by atoms with Crippen molar-refractivity contribution in [1.82, 2.24) is 14.5 Å². The van der Waals surface area contributed by atoms with Crippen LogP contribution in [-0.4, -0.2) is 45.9 Å². The van der Waals surface area contributed by atoms with Gasteiger partial charge in [0.25, 0.3) is 11.8 Å². The predicted molar refractivity (Wildman–Crippen MR) is 140 cm³/mol. The molecule has 0 aliphatic heterocycles. The standard InChI is InChI=1S/C26H35N6O3/c1-17(2)15-31(16-18(3)4)25(34)20-8-11-22-23(14-20)32(13-5-12-27)26(28-22)29-24(33)19-6-9-21(30-35)10-7-19/h6-11,14,17-18,30H,5,12-13,15-16,27H2,1-4H3,(H,28,29,33)/q-1. The summed E-state index contributed by atoms with van der Waals surface area (Å²) in [6.07, 6.45) is 0.684. The third-order valence-electron chi connectivity index (χ3n) is 5.53. The molecule has 2 aromatic carbocycles. The number of fused-ring (bicyclic) bond motifs is 1. The minimum atomic E-state index is -0.344. The van der Waals surface area contributed by atoms with Gasteiger partial charge in [-0.25, -0.2) is 4.98 Å². The second-order valence-corrected chi connectivity index (χ2v) is 9.56. The molecule has 0 unspecified atom stereocenters. The first kappa shape index (κ1) is 26.2. The third-order valence-corrected chi connectivity index (χ3v) is 5.53. The van der Waals surface area contributed by atoms with Crippen LogP contribution in [0.5, 0.6) is 0 Å². The Bertz CT molecular complexity index is 1140. The predicted octanol–water partition coefficient (Wildman–Crippen LogP) is 4.30. The highest BCUT2D eigenvalue weighted by Crippen LogP contribution is 2.24. The number of aromatic nitrogens is 2. The number of hydrogen-bond donors (Lipinski definition) is 3. The zero-order chi connectivity index (χ0) is 25.5. The maximum absolute atomic E-state index is 13.4. The fraction of sp³-hybridized carbons (Fsp3) is 0.423. The molecule has 188 valence electrons. The molecule has 0 radical (unpaired) electrons. The Morgan fingerprint density at radius 3 is 2.23 bits per heavy atom. The first-order chi connectivity index (χ1) is 16.7. The van der Waals surface area contributed by atoms with Gasteiger partial charge in [0.15, 0.2) is 0 Å². The van der Waals surface area contributed by atoms with Crippen LogP contribution < -0.4 is 16.5 Å². The molecule has 2 amide bonds. The van der Waals surface area contributed by atoms with Gasteiger partial charge >= 0.3 is 0 Å². The minimum Gasteiger partial charge on any atom is -0.761 e. The number of rotatable bonds is 11. The number of nitrogens with zero attached hydrogens (tertiary/aromatic N) is 3. The molecule has 0 bridgehead atoms. The van der Waals surface area contributed by atoms with Gasteiger partial charge in [0.05, 0.1) is 11.0 Å². The van der Waals surface area contributed by atoms with Crippen molar-refractivity contribution in [3.8, 4) is 0 Å². The number of nitrogens with one attached hydrogen (secondary N) is 2. The van der Waals surface area contributed by atoms with Gasteiger partial charge in [-0.05, 0) is 67.3 Å². The summed E-state index contributed by atoms with van der Waals surface area (Å²) in [5.74, 6) is 0.741. The lowest BCUT2D eigenvalue weighted by atomic mass is 10.1. The number of carbonyl (C=O) groups is 2. The highest BCUT2D eigenvalue weighted by atomic mass is 16.5. The lowest BCUT2D eigenvalue weighted by Crippen LogP contribution is -2.37. The molecule has 0 saturated heterocycles. The summed E-state index contributed by atoms with van der Waals surface area (Å²) < 4.78 is 1.89. The van der Waals surface area contributed by atoms with Crippen molar-refractivity contribution >= 4 is 34.5 Å². The monoisotopic (exact) mass is 479 g/mol. The van der Waals surface area contributed by atoms with Crippen molar-refractivity contribution in [3.05, 3.63) is 58.8 Å². The molecule has 0 aliphatic rings. The van der Waals surface area contributed by atoms with Gasteiger partial charge in [0.1, 0.15) is 0 Å². The molecule has 3 rings (SSSR count). The first-order valence-corrected chi connectivity index (χ1v) is 12.0. The number of amides is 2. The average Bonchev–Trinajstić information content (AvgIpc) is 3.17. The van der Waals surface area contributed by atoms with Gasteiger partial charge in [0.2, 0.25) is 5.95 Å². The summed E-state index contributed by atoms with van der Waals surface area (Å²) in [6, 6.07) is 11.7. The van der Waals surface area contributed by atoms with Crippen LogP contribution in [0.15, 0.2) is 42.5 Å². The molecule has 1 aromatic heterocycles. The van der Waals surface area contributed by atoms with Crippen LogP contribution in [0.25, 0.3) is 11.0 Å². The summed E-state index contributed by atoms with van der Waals surface area (Å²) in [6.45, 7) is 10.8. The van der Waals surface area contributed by atoms with Crippen LogP contribution in [0.2, 0.25) is 0 Å². The molecule has 4 N–H and O–H groups in total. The van der Waals surface area contributed by atoms with Crippen molar-refractivity contribution in [1.29, 1.82) is 0 Å². The summed E-state index contributed by atoms with van der Waals surface area (Å²) in [5, 5.41) is 13.6. The second-order valence-electron chi connectivity index (χ2n) is 9.56. The molecule has 0 saturated carbocycles. The number of hydrogen-bond acceptors (Lipinski definition) is 6. The SMILES string of the molecule is CC(C)CN(CC(C)C)C(=O)c1ccc2nc(NC(=O)c3ccc(N[O-])cc3)n(CCCN)c2c1. The van der Waals surface area contributed by atoms with E-state index < -0.39 is 0 Å². The van der Waals surface area contributed by atoms with E-state index >= 15 is 0 Å². The van der Waals surface area contributed by atoms with Crippen LogP contribution in [0.1, 0.15) is 54.8 Å². The Kier molecular flexibility index (Phi) is 8.84. The molecule has 3 aromatic rings. The van der Waals surface area contributed by atoms with Gasteiger partial charge in [-0.15, -0.1) is 0 Å². The molecule has 0 atom stereocenters. The Hall–Kier alpha value is -3.43. The lowest BCUT2D eigenvalue weighted by molar-refractivity contribution is 0.0715. The summed E-state index contributed by atoms with van der Waals surface area (Å²) >= 11 is 0. The Morgan fingerprint density at radius 2 is 1.66 bits per heavy atom. The molecular weight excluding hydrogens is 444 g/mol. The van der Waals surface area contributed by atoms with E-state index in [1.54, 1.807) is 23.7 Å². The largest absolute Gasteiger partial charge is 0.761 e. The van der Waals surface area contributed by atoms with E-state index in [1.807, 2.05) is 21.6 Å². The van der Waals surface area contributed by atoms with Gasteiger partial charge in [-0.1, -0.05) is 27.7 Å². The highest BCUT2D eigenvalue weighted by Gasteiger charge is 2.21. The molecule has 1 heterocycles. The van der Waals surface area contributed by atoms with Crippen molar-refractivity contribution in [2.45, 2.75) is 40.7 Å². The minimum absolute atomic E-state index is 0.0152. The van der Waals surface area contributed by atoms with Gasteiger partial charge in [-0.3, -0.25) is 14.9 Å². The Morgan fingerprint density at radius 1 is 1.03 bits per heavy atom. The Balaban J connectivity index is 1.95. The Labute approximate surface area is 206 Å². The van der Waals surface area contributed by atoms with Gasteiger partial charge in [0, 0.05) is 36.4 Å². The summed E-state index contributed by atoms with van der Waals surface area (Å²) in [7, 11) is 0. The van der Waals surface area contributed by atoms with E-state index in [4.69, 9.17) is 5.73 Å². The molecule has 35 heavy (non-hydrogen) atoms. The molecule has 0 aliphatic carbocycles. The maximum atomic E-state index is 13.4. The maximum Gasteiger partial charge on any atom is 0.257 e. The van der Waals surface area contributed by atoms with Crippen LogP contribution in [0, 0.1) is 17.0 Å². The average molecular weight is 480 g/mol. The van der Waals surface area contributed by atoms with Crippen LogP contribution in [0.4, 0.5) is 11.6 Å². The fourth-order valence-corrected chi connectivity index (χ4v) is 3.99. The first-order valence-electron chi connectivity index (χ1n) is 12.0. The second kappa shape index (κ2) is 11.8. The lowest BCUT2D eigenvalue weighted by Gasteiger charge is -2.26. The van der Waals surface area contributed by atoms with Gasteiger partial charge < -0.3 is 25.9 Å². The van der Waals surface area contributed by atoms with Crippen LogP contribution in [-0.2, 0) is 6.54 Å². The van der Waals surface area contributed by atoms with E-state index in [2.05, 4.69) is 38.0 Å². The van der Waals surface area contributed by atoms with Crippen molar-refractivity contribution in [3.63, 3.8) is 0 Å². The fourth-order valence-electron chi connectivity index (χ4n) is 3.99. The van der Waals surface area contributed by atoms with Crippen LogP contribution >= 0.6 is 0 Å². The topological polar surface area (TPSA) is 128 Å². The number of nitrogens with two attached hydrogens (primary N) is 1. The number of benzene rings is 2. The summed E-state index contributed by atoms with van der Waals surface area (Å²) in [4.78, 5) is 32.7. The van der Waals surface area contributed by atoms with E-state index in [9.17, 15) is 14.8 Å². The molecule has 9 heteroatoms. The normalized spacial score (nSPS) is 11.3. The number of aryl methyl sites for hydroxylation is 1. The number of carbonyl (C=O) groups excluding carboxylic acids is 2. The van der Waals surface area contributed by atoms with E-state index in [0.29, 0.717) is 72.7 Å². The molecule has 0 spiro atoms. The zero-order valence-corrected chi connectivity index (χ0v) is 20.9. The van der Waals surface area contributed by atoms with Crippen LogP contribution in [0.3, 0.4) is 0 Å². The van der Waals surface area contributed by atoms with E-state index in [0.717, 1.165) is 5.52 Å².